The minimum atomic E-state index is -2.85. The largest absolute Gasteiger partial charge is 1.00 e. The smallest absolute Gasteiger partial charge is 1.00 e. The van der Waals surface area contributed by atoms with Crippen molar-refractivity contribution < 1.29 is 45.1 Å². The molecule has 5 aliphatic rings. The van der Waals surface area contributed by atoms with Crippen LogP contribution in [0.25, 0.3) is 34.4 Å². The molecule has 0 bridgehead atoms. The zero-order chi connectivity index (χ0) is 36.8. The summed E-state index contributed by atoms with van der Waals surface area (Å²) in [6.07, 6.45) is 19.2. The van der Waals surface area contributed by atoms with E-state index in [1.54, 1.807) is 55.7 Å². The minimum absolute atomic E-state index is 0. The zero-order valence-electron chi connectivity index (χ0n) is 34.8. The summed E-state index contributed by atoms with van der Waals surface area (Å²) in [5.74, 6) is 1.50. The molecular formula is C52H62Cl2Zr. The van der Waals surface area contributed by atoms with Gasteiger partial charge in [-0.3, -0.25) is 0 Å². The van der Waals surface area contributed by atoms with E-state index in [4.69, 9.17) is 0 Å². The van der Waals surface area contributed by atoms with E-state index in [0.29, 0.717) is 7.25 Å². The SMILES string of the molecule is CC1=Cc2c(-c3ccc(C4CCCCC4)cc3)c(C)c(C)c(C)c2[CH]1[Zr+2]1([CH]2C(C)=Cc3c(-c4ccc(C5CCCCC5)cc4)c(C)c(C)c(C)c32)[CH2][CH2]1.[Cl-].[Cl-]. The Balaban J connectivity index is 0.00000233. The number of rotatable bonds is 6. The number of benzene rings is 4. The molecule has 9 rings (SSSR count). The number of allylic oxidation sites excluding steroid dienone is 2. The maximum absolute atomic E-state index is 2.85. The molecule has 0 amide bonds. The summed E-state index contributed by atoms with van der Waals surface area (Å²) in [5, 5.41) is 0. The van der Waals surface area contributed by atoms with Gasteiger partial charge in [-0.1, -0.05) is 0 Å². The normalized spacial score (nSPS) is 21.0. The summed E-state index contributed by atoms with van der Waals surface area (Å²) in [6.45, 7) is 19.6. The van der Waals surface area contributed by atoms with Gasteiger partial charge < -0.3 is 24.8 Å². The Morgan fingerprint density at radius 3 is 1.09 bits per heavy atom. The van der Waals surface area contributed by atoms with E-state index >= 15 is 0 Å². The van der Waals surface area contributed by atoms with Crippen LogP contribution in [0, 0.1) is 41.5 Å². The quantitative estimate of drug-likeness (QED) is 0.182. The third-order valence-electron chi connectivity index (χ3n) is 15.7. The van der Waals surface area contributed by atoms with Gasteiger partial charge >= 0.3 is 328 Å². The summed E-state index contributed by atoms with van der Waals surface area (Å²) in [6, 6.07) is 19.8. The maximum atomic E-state index is 2.67. The van der Waals surface area contributed by atoms with Gasteiger partial charge in [-0.05, 0) is 0 Å². The average Bonchev–Trinajstić information content (AvgIpc) is 3.78. The summed E-state index contributed by atoms with van der Waals surface area (Å²) in [5.41, 5.74) is 28.1. The fourth-order valence-corrected chi connectivity index (χ4v) is 30.5. The predicted molar refractivity (Wildman–Crippen MR) is 226 cm³/mol. The van der Waals surface area contributed by atoms with E-state index in [1.165, 1.54) is 117 Å². The van der Waals surface area contributed by atoms with Gasteiger partial charge in [0, 0.05) is 0 Å². The van der Waals surface area contributed by atoms with Crippen molar-refractivity contribution in [3.8, 4) is 22.3 Å². The topological polar surface area (TPSA) is 0 Å². The predicted octanol–water partition coefficient (Wildman–Crippen LogP) is 9.59. The van der Waals surface area contributed by atoms with Crippen LogP contribution in [-0.2, 0) is 20.3 Å². The Labute approximate surface area is 350 Å². The fourth-order valence-electron chi connectivity index (χ4n) is 12.4. The second kappa shape index (κ2) is 15.9. The van der Waals surface area contributed by atoms with Crippen molar-refractivity contribution in [1.82, 2.24) is 0 Å². The number of hydrogen-bond acceptors (Lipinski definition) is 0. The Hall–Kier alpha value is -2.18. The van der Waals surface area contributed by atoms with Crippen molar-refractivity contribution in [2.45, 2.75) is 147 Å². The first-order chi connectivity index (χ1) is 25.6. The third-order valence-corrected chi connectivity index (χ3v) is 29.1. The van der Waals surface area contributed by atoms with Crippen molar-refractivity contribution in [2.24, 2.45) is 0 Å². The second-order valence-corrected chi connectivity index (χ2v) is 29.8. The van der Waals surface area contributed by atoms with Gasteiger partial charge in [0.05, 0.1) is 0 Å². The minimum Gasteiger partial charge on any atom is -1.00 e. The molecule has 3 fully saturated rings. The molecule has 0 nitrogen and oxygen atoms in total. The molecular weight excluding hydrogens is 787 g/mol. The van der Waals surface area contributed by atoms with Crippen molar-refractivity contribution >= 4 is 12.2 Å². The molecule has 288 valence electrons. The molecule has 1 aliphatic heterocycles. The molecule has 3 heteroatoms. The summed E-state index contributed by atoms with van der Waals surface area (Å²) in [4.78, 5) is 0. The maximum Gasteiger partial charge on any atom is -1.00 e. The molecule has 0 N–H and O–H groups in total. The first kappa shape index (κ1) is 41.0. The van der Waals surface area contributed by atoms with Crippen molar-refractivity contribution in [3.05, 3.63) is 126 Å². The molecule has 4 aliphatic carbocycles. The van der Waals surface area contributed by atoms with Crippen LogP contribution in [0.2, 0.25) is 8.26 Å². The van der Waals surface area contributed by atoms with E-state index < -0.39 is 20.3 Å². The molecule has 55 heavy (non-hydrogen) atoms. The summed E-state index contributed by atoms with van der Waals surface area (Å²) in [7, 11) is 0. The molecule has 4 aromatic carbocycles. The first-order valence-corrected chi connectivity index (χ1v) is 27.8. The van der Waals surface area contributed by atoms with E-state index in [9.17, 15) is 0 Å². The van der Waals surface area contributed by atoms with Crippen LogP contribution in [0.1, 0.15) is 164 Å². The van der Waals surface area contributed by atoms with Gasteiger partial charge in [-0.25, -0.2) is 0 Å². The number of fused-ring (bicyclic) bond motifs is 2. The van der Waals surface area contributed by atoms with E-state index in [1.807, 2.05) is 0 Å². The average molecular weight is 849 g/mol. The van der Waals surface area contributed by atoms with Crippen LogP contribution in [0.3, 0.4) is 0 Å². The van der Waals surface area contributed by atoms with Gasteiger partial charge in [0.25, 0.3) is 0 Å². The summed E-state index contributed by atoms with van der Waals surface area (Å²) < 4.78 is 4.35. The number of halogens is 2. The van der Waals surface area contributed by atoms with Crippen LogP contribution < -0.4 is 24.8 Å². The van der Waals surface area contributed by atoms with Gasteiger partial charge in [-0.2, -0.15) is 0 Å². The fraction of sp³-hybridized carbons (Fsp3) is 0.462. The molecule has 2 atom stereocenters. The Morgan fingerprint density at radius 2 is 0.764 bits per heavy atom. The van der Waals surface area contributed by atoms with Crippen LogP contribution in [0.4, 0.5) is 0 Å². The van der Waals surface area contributed by atoms with Crippen LogP contribution in [0.5, 0.6) is 0 Å². The monoisotopic (exact) mass is 846 g/mol. The zero-order valence-corrected chi connectivity index (χ0v) is 38.8. The molecule has 0 spiro atoms. The van der Waals surface area contributed by atoms with Gasteiger partial charge in [-0.15, -0.1) is 0 Å². The van der Waals surface area contributed by atoms with E-state index in [0.717, 1.165) is 11.8 Å². The molecule has 4 aromatic rings. The third kappa shape index (κ3) is 6.68. The molecule has 2 saturated carbocycles. The molecule has 2 unspecified atom stereocenters. The van der Waals surface area contributed by atoms with Crippen LogP contribution >= 0.6 is 0 Å². The van der Waals surface area contributed by atoms with E-state index in [2.05, 4.69) is 116 Å². The molecule has 1 heterocycles. The second-order valence-electron chi connectivity index (χ2n) is 18.4. The molecule has 1 saturated heterocycles. The Bertz CT molecular complexity index is 2010. The molecule has 0 radical (unpaired) electrons. The standard InChI is InChI=1S/2C25H29.C2H4.2ClH.Zr/c2*1-16-14-23-18(3)17(2)19(4)25(24(23)15-16)22-12-10-21(11-13-22)20-8-6-5-7-9-20;1-2;;;/h2*10-15,20H,5-9H2,1-4H3;1-2H2;2*1H;/q;;;;;+2/p-2. The van der Waals surface area contributed by atoms with Gasteiger partial charge in [0.1, 0.15) is 0 Å². The molecule has 0 aromatic heterocycles. The number of hydrogen-bond donors (Lipinski definition) is 0. The van der Waals surface area contributed by atoms with Gasteiger partial charge in [0.15, 0.2) is 0 Å². The Morgan fingerprint density at radius 1 is 0.418 bits per heavy atom. The van der Waals surface area contributed by atoms with Gasteiger partial charge in [0.2, 0.25) is 0 Å². The Kier molecular flexibility index (Phi) is 11.8. The summed E-state index contributed by atoms with van der Waals surface area (Å²) >= 11 is -2.85. The first-order valence-electron chi connectivity index (χ1n) is 21.4. The van der Waals surface area contributed by atoms with E-state index in [-0.39, 0.29) is 24.8 Å². The van der Waals surface area contributed by atoms with Crippen LogP contribution in [-0.4, -0.2) is 0 Å². The van der Waals surface area contributed by atoms with Crippen molar-refractivity contribution in [1.29, 1.82) is 0 Å². The van der Waals surface area contributed by atoms with Crippen LogP contribution in [0.15, 0.2) is 59.7 Å². The van der Waals surface area contributed by atoms with Crippen molar-refractivity contribution in [2.75, 3.05) is 0 Å². The van der Waals surface area contributed by atoms with Crippen molar-refractivity contribution in [3.63, 3.8) is 0 Å².